The van der Waals surface area contributed by atoms with Gasteiger partial charge >= 0.3 is 10.2 Å². The number of nitrogens with zero attached hydrogens (tertiary/aromatic N) is 1. The Morgan fingerprint density at radius 1 is 1.12 bits per heavy atom. The standard InChI is InChI=1S/C20H22FN5O6S/c1-22-16-9-13(21)8-15(19(16)23-11-27)17(28)10-18(29)24-14-6-4-12(5-7-14)20(30)25-33(31,32)26(2)3/h4-11,22,28H,1-3H3,(H,23,27)(H,24,29)(H,25,30)/b17-10-. The van der Waals surface area contributed by atoms with Crippen LogP contribution in [-0.2, 0) is 19.8 Å². The molecule has 33 heavy (non-hydrogen) atoms. The van der Waals surface area contributed by atoms with Gasteiger partial charge < -0.3 is 21.1 Å². The zero-order chi connectivity index (χ0) is 24.8. The second-order valence-electron chi connectivity index (χ2n) is 6.70. The van der Waals surface area contributed by atoms with Crippen LogP contribution in [0.15, 0.2) is 42.5 Å². The van der Waals surface area contributed by atoms with Crippen molar-refractivity contribution in [2.45, 2.75) is 0 Å². The van der Waals surface area contributed by atoms with Gasteiger partial charge in [-0.05, 0) is 36.4 Å². The van der Waals surface area contributed by atoms with Crippen molar-refractivity contribution in [3.8, 4) is 0 Å². The lowest BCUT2D eigenvalue weighted by Crippen LogP contribution is -2.39. The van der Waals surface area contributed by atoms with Crippen molar-refractivity contribution >= 4 is 51.3 Å². The van der Waals surface area contributed by atoms with Crippen LogP contribution in [0.2, 0.25) is 0 Å². The topological polar surface area (TPSA) is 157 Å². The number of halogens is 1. The number of carbonyl (C=O) groups is 3. The zero-order valence-corrected chi connectivity index (χ0v) is 18.7. The molecule has 0 aliphatic heterocycles. The van der Waals surface area contributed by atoms with E-state index >= 15 is 0 Å². The van der Waals surface area contributed by atoms with E-state index in [0.29, 0.717) is 6.41 Å². The predicted octanol–water partition coefficient (Wildman–Crippen LogP) is 1.51. The van der Waals surface area contributed by atoms with Crippen LogP contribution in [0.3, 0.4) is 0 Å². The van der Waals surface area contributed by atoms with Crippen LogP contribution in [0.4, 0.5) is 21.5 Å². The summed E-state index contributed by atoms with van der Waals surface area (Å²) in [5.74, 6) is -2.97. The molecule has 2 rings (SSSR count). The highest BCUT2D eigenvalue weighted by Crippen LogP contribution is 2.31. The highest BCUT2D eigenvalue weighted by molar-refractivity contribution is 7.87. The van der Waals surface area contributed by atoms with Gasteiger partial charge in [0, 0.05) is 44.0 Å². The lowest BCUT2D eigenvalue weighted by molar-refractivity contribution is -0.112. The van der Waals surface area contributed by atoms with Crippen molar-refractivity contribution < 1.29 is 32.3 Å². The third-order valence-corrected chi connectivity index (χ3v) is 5.64. The van der Waals surface area contributed by atoms with Crippen molar-refractivity contribution in [3.63, 3.8) is 0 Å². The Balaban J connectivity index is 2.19. The molecule has 0 saturated carbocycles. The van der Waals surface area contributed by atoms with Gasteiger partial charge in [0.05, 0.1) is 11.4 Å². The molecule has 11 nitrogen and oxygen atoms in total. The lowest BCUT2D eigenvalue weighted by Gasteiger charge is -2.14. The largest absolute Gasteiger partial charge is 0.507 e. The summed E-state index contributed by atoms with van der Waals surface area (Å²) in [6, 6.07) is 7.32. The van der Waals surface area contributed by atoms with Crippen LogP contribution in [0, 0.1) is 5.82 Å². The van der Waals surface area contributed by atoms with Crippen LogP contribution < -0.4 is 20.7 Å². The van der Waals surface area contributed by atoms with E-state index in [9.17, 15) is 32.3 Å². The molecular formula is C20H22FN5O6S. The summed E-state index contributed by atoms with van der Waals surface area (Å²) in [4.78, 5) is 35.2. The van der Waals surface area contributed by atoms with Gasteiger partial charge in [0.25, 0.3) is 11.8 Å². The number of benzene rings is 2. The van der Waals surface area contributed by atoms with Crippen LogP contribution in [0.25, 0.3) is 5.76 Å². The number of nitrogens with one attached hydrogen (secondary N) is 4. The molecular weight excluding hydrogens is 457 g/mol. The summed E-state index contributed by atoms with van der Waals surface area (Å²) in [5.41, 5.74) is 0.384. The average molecular weight is 479 g/mol. The minimum atomic E-state index is -3.96. The SMILES string of the molecule is CNc1cc(F)cc(/C(O)=C/C(=O)Nc2ccc(C(=O)NS(=O)(=O)N(C)C)cc2)c1NC=O. The van der Waals surface area contributed by atoms with Crippen LogP contribution in [0.1, 0.15) is 15.9 Å². The number of rotatable bonds is 9. The Kier molecular flexibility index (Phi) is 8.10. The minimum Gasteiger partial charge on any atom is -0.507 e. The van der Waals surface area contributed by atoms with Crippen molar-refractivity contribution in [1.82, 2.24) is 9.03 Å². The van der Waals surface area contributed by atoms with Gasteiger partial charge in [-0.25, -0.2) is 9.11 Å². The first-order valence-electron chi connectivity index (χ1n) is 9.26. The minimum absolute atomic E-state index is 0.0285. The smallest absolute Gasteiger partial charge is 0.303 e. The molecule has 0 saturated heterocycles. The van der Waals surface area contributed by atoms with E-state index in [0.717, 1.165) is 22.5 Å². The second-order valence-corrected chi connectivity index (χ2v) is 8.59. The average Bonchev–Trinajstić information content (AvgIpc) is 2.74. The monoisotopic (exact) mass is 479 g/mol. The fraction of sp³-hybridized carbons (Fsp3) is 0.150. The maximum absolute atomic E-state index is 13.9. The molecule has 2 aromatic rings. The number of aliphatic hydroxyl groups is 1. The third-order valence-electron chi connectivity index (χ3n) is 4.24. The van der Waals surface area contributed by atoms with E-state index in [1.54, 1.807) is 0 Å². The van der Waals surface area contributed by atoms with Crippen molar-refractivity contribution in [1.29, 1.82) is 0 Å². The van der Waals surface area contributed by atoms with E-state index in [1.807, 2.05) is 4.72 Å². The third kappa shape index (κ3) is 6.51. The Bertz CT molecular complexity index is 1200. The number of aliphatic hydroxyl groups excluding tert-OH is 1. The molecule has 2 aromatic carbocycles. The molecule has 0 spiro atoms. The quantitative estimate of drug-likeness (QED) is 0.207. The normalized spacial score (nSPS) is 11.6. The molecule has 5 N–H and O–H groups in total. The first kappa shape index (κ1) is 25.3. The van der Waals surface area contributed by atoms with Gasteiger partial charge in [0.2, 0.25) is 6.41 Å². The van der Waals surface area contributed by atoms with E-state index in [2.05, 4.69) is 16.0 Å². The number of hydrogen-bond acceptors (Lipinski definition) is 7. The summed E-state index contributed by atoms with van der Waals surface area (Å²) < 4.78 is 40.0. The summed E-state index contributed by atoms with van der Waals surface area (Å²) in [5, 5.41) is 17.8. The predicted molar refractivity (Wildman–Crippen MR) is 121 cm³/mol. The van der Waals surface area contributed by atoms with Crippen molar-refractivity contribution in [3.05, 3.63) is 59.4 Å². The molecule has 0 aromatic heterocycles. The fourth-order valence-electron chi connectivity index (χ4n) is 2.57. The highest BCUT2D eigenvalue weighted by Gasteiger charge is 2.18. The van der Waals surface area contributed by atoms with E-state index in [4.69, 9.17) is 0 Å². The van der Waals surface area contributed by atoms with Crippen molar-refractivity contribution in [2.75, 3.05) is 37.1 Å². The maximum atomic E-state index is 13.9. The molecule has 0 heterocycles. The lowest BCUT2D eigenvalue weighted by atomic mass is 10.1. The van der Waals surface area contributed by atoms with Gasteiger partial charge in [0.1, 0.15) is 11.6 Å². The maximum Gasteiger partial charge on any atom is 0.303 e. The zero-order valence-electron chi connectivity index (χ0n) is 17.8. The van der Waals surface area contributed by atoms with Crippen molar-refractivity contribution in [2.24, 2.45) is 0 Å². The summed E-state index contributed by atoms with van der Waals surface area (Å²) in [6.45, 7) is 0. The first-order valence-corrected chi connectivity index (χ1v) is 10.7. The van der Waals surface area contributed by atoms with Crippen LogP contribution in [0.5, 0.6) is 0 Å². The van der Waals surface area contributed by atoms with Gasteiger partial charge in [-0.1, -0.05) is 0 Å². The molecule has 3 amide bonds. The number of carbonyl (C=O) groups excluding carboxylic acids is 3. The Morgan fingerprint density at radius 2 is 1.76 bits per heavy atom. The molecule has 0 aliphatic rings. The molecule has 0 atom stereocenters. The van der Waals surface area contributed by atoms with E-state index in [-0.39, 0.29) is 28.2 Å². The number of hydrogen-bond donors (Lipinski definition) is 5. The van der Waals surface area contributed by atoms with Gasteiger partial charge in [0.15, 0.2) is 0 Å². The Labute approximate surface area is 189 Å². The van der Waals surface area contributed by atoms with Crippen LogP contribution >= 0.6 is 0 Å². The van der Waals surface area contributed by atoms with Crippen LogP contribution in [-0.4, -0.2) is 57.2 Å². The first-order chi connectivity index (χ1) is 15.5. The highest BCUT2D eigenvalue weighted by atomic mass is 32.2. The van der Waals surface area contributed by atoms with Gasteiger partial charge in [-0.3, -0.25) is 14.4 Å². The summed E-state index contributed by atoms with van der Waals surface area (Å²) in [6.07, 6.45) is 1.13. The Morgan fingerprint density at radius 3 is 2.30 bits per heavy atom. The fourth-order valence-corrected chi connectivity index (χ4v) is 3.11. The molecule has 0 bridgehead atoms. The van der Waals surface area contributed by atoms with E-state index in [1.165, 1.54) is 45.4 Å². The molecule has 0 fully saturated rings. The Hall–Kier alpha value is -3.97. The van der Waals surface area contributed by atoms with E-state index < -0.39 is 33.6 Å². The molecule has 0 radical (unpaired) electrons. The van der Waals surface area contributed by atoms with Gasteiger partial charge in [-0.15, -0.1) is 0 Å². The van der Waals surface area contributed by atoms with Gasteiger partial charge in [-0.2, -0.15) is 12.7 Å². The summed E-state index contributed by atoms with van der Waals surface area (Å²) in [7, 11) is 0.0528. The number of anilines is 3. The second kappa shape index (κ2) is 10.6. The molecule has 0 unspecified atom stereocenters. The molecule has 176 valence electrons. The summed E-state index contributed by atoms with van der Waals surface area (Å²) >= 11 is 0. The molecule has 13 heteroatoms. The molecule has 0 aliphatic carbocycles. The number of amides is 3.